The fourth-order valence-electron chi connectivity index (χ4n) is 0.888. The van der Waals surface area contributed by atoms with Gasteiger partial charge in [-0.05, 0) is 6.92 Å². The summed E-state index contributed by atoms with van der Waals surface area (Å²) in [4.78, 5) is 18.8. The molecule has 13 heavy (non-hydrogen) atoms. The fourth-order valence-corrected chi connectivity index (χ4v) is 0.965. The average Bonchev–Trinajstić information content (AvgIpc) is 2.19. The Labute approximate surface area is 81.3 Å². The number of carbonyl (C=O) groups is 1. The fraction of sp³-hybridized carbons (Fsp3) is 0.375. The number of halogens is 1. The Morgan fingerprint density at radius 3 is 3.00 bits per heavy atom. The van der Waals surface area contributed by atoms with Crippen LogP contribution in [0, 0.1) is 0 Å². The number of amides is 1. The minimum absolute atomic E-state index is 0.0371. The highest BCUT2D eigenvalue weighted by atomic mass is 35.5. The first kappa shape index (κ1) is 9.92. The van der Waals surface area contributed by atoms with Crippen molar-refractivity contribution < 1.29 is 4.79 Å². The van der Waals surface area contributed by atoms with Crippen LogP contribution >= 0.6 is 11.6 Å². The third-order valence-corrected chi connectivity index (χ3v) is 1.77. The average molecular weight is 200 g/mol. The molecule has 1 aromatic heterocycles. The highest BCUT2D eigenvalue weighted by molar-refractivity contribution is 6.27. The molecule has 5 heteroatoms. The zero-order valence-electron chi connectivity index (χ0n) is 7.20. The molecule has 0 saturated carbocycles. The number of hydrogen-bond donors (Lipinski definition) is 1. The molecule has 4 nitrogen and oxygen atoms in total. The first-order valence-electron chi connectivity index (χ1n) is 3.85. The van der Waals surface area contributed by atoms with E-state index in [1.54, 1.807) is 18.6 Å². The Bertz CT molecular complexity index is 278. The number of carbonyl (C=O) groups excluding carboxylic acids is 1. The molecule has 70 valence electrons. The van der Waals surface area contributed by atoms with Crippen LogP contribution in [0.1, 0.15) is 18.7 Å². The summed E-state index contributed by atoms with van der Waals surface area (Å²) in [5.74, 6) is -0.246. The summed E-state index contributed by atoms with van der Waals surface area (Å²) in [5, 5.41) is 2.67. The van der Waals surface area contributed by atoms with Gasteiger partial charge < -0.3 is 5.32 Å². The van der Waals surface area contributed by atoms with Crippen molar-refractivity contribution in [3.63, 3.8) is 0 Å². The first-order valence-corrected chi connectivity index (χ1v) is 4.38. The number of alkyl halides is 1. The maximum atomic E-state index is 10.9. The molecular weight excluding hydrogens is 190 g/mol. The zero-order chi connectivity index (χ0) is 9.68. The number of aromatic nitrogens is 2. The van der Waals surface area contributed by atoms with Crippen LogP contribution in [0.3, 0.4) is 0 Å². The SMILES string of the molecule is CC(NC(=O)CCl)c1cnccn1. The molecule has 0 fully saturated rings. The van der Waals surface area contributed by atoms with Crippen molar-refractivity contribution in [2.24, 2.45) is 0 Å². The molecule has 1 heterocycles. The van der Waals surface area contributed by atoms with Gasteiger partial charge in [-0.25, -0.2) is 0 Å². The minimum Gasteiger partial charge on any atom is -0.347 e. The first-order chi connectivity index (χ1) is 6.24. The van der Waals surface area contributed by atoms with Crippen molar-refractivity contribution >= 4 is 17.5 Å². The van der Waals surface area contributed by atoms with Crippen molar-refractivity contribution in [3.05, 3.63) is 24.3 Å². The summed E-state index contributed by atoms with van der Waals surface area (Å²) < 4.78 is 0. The van der Waals surface area contributed by atoms with Crippen molar-refractivity contribution in [2.45, 2.75) is 13.0 Å². The predicted octanol–water partition coefficient (Wildman–Crippen LogP) is 0.893. The number of rotatable bonds is 3. The lowest BCUT2D eigenvalue weighted by molar-refractivity contribution is -0.119. The largest absolute Gasteiger partial charge is 0.347 e. The lowest BCUT2D eigenvalue weighted by atomic mass is 10.2. The van der Waals surface area contributed by atoms with Crippen LogP contribution in [0.5, 0.6) is 0 Å². The van der Waals surface area contributed by atoms with E-state index in [4.69, 9.17) is 11.6 Å². The highest BCUT2D eigenvalue weighted by Gasteiger charge is 2.08. The third kappa shape index (κ3) is 2.99. The van der Waals surface area contributed by atoms with Gasteiger partial charge in [0.25, 0.3) is 0 Å². The molecule has 0 aromatic carbocycles. The number of nitrogens with one attached hydrogen (secondary N) is 1. The lowest BCUT2D eigenvalue weighted by Gasteiger charge is -2.10. The van der Waals surface area contributed by atoms with E-state index >= 15 is 0 Å². The van der Waals surface area contributed by atoms with Gasteiger partial charge >= 0.3 is 0 Å². The van der Waals surface area contributed by atoms with Gasteiger partial charge in [0.2, 0.25) is 5.91 Å². The van der Waals surface area contributed by atoms with E-state index in [-0.39, 0.29) is 17.8 Å². The summed E-state index contributed by atoms with van der Waals surface area (Å²) in [5.41, 5.74) is 0.723. The van der Waals surface area contributed by atoms with Gasteiger partial charge in [-0.15, -0.1) is 11.6 Å². The van der Waals surface area contributed by atoms with E-state index < -0.39 is 0 Å². The molecule has 1 atom stereocenters. The Morgan fingerprint density at radius 1 is 1.69 bits per heavy atom. The number of hydrogen-bond acceptors (Lipinski definition) is 3. The van der Waals surface area contributed by atoms with E-state index in [9.17, 15) is 4.79 Å². The Balaban J connectivity index is 2.59. The van der Waals surface area contributed by atoms with Gasteiger partial charge in [0.05, 0.1) is 17.9 Å². The molecule has 1 rings (SSSR count). The molecule has 0 radical (unpaired) electrons. The van der Waals surface area contributed by atoms with Crippen LogP contribution in [-0.2, 0) is 4.79 Å². The molecule has 0 aliphatic carbocycles. The van der Waals surface area contributed by atoms with Gasteiger partial charge in [-0.2, -0.15) is 0 Å². The molecule has 0 spiro atoms. The van der Waals surface area contributed by atoms with Gasteiger partial charge in [-0.3, -0.25) is 14.8 Å². The topological polar surface area (TPSA) is 54.9 Å². The van der Waals surface area contributed by atoms with E-state index in [2.05, 4.69) is 15.3 Å². The third-order valence-electron chi connectivity index (χ3n) is 1.53. The van der Waals surface area contributed by atoms with Gasteiger partial charge in [0, 0.05) is 12.4 Å². The molecule has 0 aliphatic heterocycles. The van der Waals surface area contributed by atoms with E-state index in [1.165, 1.54) is 0 Å². The Hall–Kier alpha value is -1.16. The Kier molecular flexibility index (Phi) is 3.64. The lowest BCUT2D eigenvalue weighted by Crippen LogP contribution is -2.28. The normalized spacial score (nSPS) is 12.2. The molecule has 0 bridgehead atoms. The quantitative estimate of drug-likeness (QED) is 0.736. The maximum Gasteiger partial charge on any atom is 0.235 e. The predicted molar refractivity (Wildman–Crippen MR) is 49.3 cm³/mol. The summed E-state index contributed by atoms with van der Waals surface area (Å²) in [6.45, 7) is 1.83. The summed E-state index contributed by atoms with van der Waals surface area (Å²) in [7, 11) is 0. The molecule has 1 amide bonds. The molecule has 1 unspecified atom stereocenters. The molecular formula is C8H10ClN3O. The van der Waals surface area contributed by atoms with Crippen LogP contribution in [-0.4, -0.2) is 21.8 Å². The van der Waals surface area contributed by atoms with Crippen LogP contribution < -0.4 is 5.32 Å². The van der Waals surface area contributed by atoms with Crippen molar-refractivity contribution in [2.75, 3.05) is 5.88 Å². The second kappa shape index (κ2) is 4.77. The van der Waals surface area contributed by atoms with Gasteiger partial charge in [-0.1, -0.05) is 0 Å². The van der Waals surface area contributed by atoms with E-state index in [1.807, 2.05) is 6.92 Å². The van der Waals surface area contributed by atoms with Crippen molar-refractivity contribution in [1.29, 1.82) is 0 Å². The monoisotopic (exact) mass is 199 g/mol. The summed E-state index contributed by atoms with van der Waals surface area (Å²) >= 11 is 5.34. The van der Waals surface area contributed by atoms with Crippen molar-refractivity contribution in [1.82, 2.24) is 15.3 Å². The summed E-state index contributed by atoms with van der Waals surface area (Å²) in [6.07, 6.45) is 4.78. The standard InChI is InChI=1S/C8H10ClN3O/c1-6(12-8(13)4-9)7-5-10-2-3-11-7/h2-3,5-6H,4H2,1H3,(H,12,13). The Morgan fingerprint density at radius 2 is 2.46 bits per heavy atom. The highest BCUT2D eigenvalue weighted by Crippen LogP contribution is 2.05. The molecule has 1 aromatic rings. The number of nitrogens with zero attached hydrogens (tertiary/aromatic N) is 2. The van der Waals surface area contributed by atoms with Gasteiger partial charge in [0.15, 0.2) is 0 Å². The molecule has 0 aliphatic rings. The van der Waals surface area contributed by atoms with Crippen LogP contribution in [0.2, 0.25) is 0 Å². The maximum absolute atomic E-state index is 10.9. The molecule has 0 saturated heterocycles. The van der Waals surface area contributed by atoms with Crippen LogP contribution in [0.4, 0.5) is 0 Å². The van der Waals surface area contributed by atoms with Crippen LogP contribution in [0.25, 0.3) is 0 Å². The van der Waals surface area contributed by atoms with E-state index in [0.29, 0.717) is 0 Å². The zero-order valence-corrected chi connectivity index (χ0v) is 7.95. The second-order valence-corrected chi connectivity index (χ2v) is 2.82. The van der Waals surface area contributed by atoms with E-state index in [0.717, 1.165) is 5.69 Å². The summed E-state index contributed by atoms with van der Waals surface area (Å²) in [6, 6.07) is -0.153. The second-order valence-electron chi connectivity index (χ2n) is 2.55. The van der Waals surface area contributed by atoms with Crippen LogP contribution in [0.15, 0.2) is 18.6 Å². The smallest absolute Gasteiger partial charge is 0.235 e. The molecule has 1 N–H and O–H groups in total. The van der Waals surface area contributed by atoms with Gasteiger partial charge in [0.1, 0.15) is 5.88 Å². The minimum atomic E-state index is -0.209. The van der Waals surface area contributed by atoms with Crippen molar-refractivity contribution in [3.8, 4) is 0 Å².